The van der Waals surface area contributed by atoms with Gasteiger partial charge in [-0.1, -0.05) is 18.2 Å². The van der Waals surface area contributed by atoms with E-state index in [0.717, 1.165) is 11.8 Å². The van der Waals surface area contributed by atoms with Crippen molar-refractivity contribution >= 4 is 16.1 Å². The highest BCUT2D eigenvalue weighted by Crippen LogP contribution is 2.25. The number of sulfonamides is 1. The second-order valence-electron chi connectivity index (χ2n) is 6.81. The van der Waals surface area contributed by atoms with E-state index < -0.39 is 28.2 Å². The zero-order chi connectivity index (χ0) is 20.1. The third kappa shape index (κ3) is 5.11. The SMILES string of the molecule is CCOC(=O)N1CCCC(NS(C)(=O)=O)C1Cc1coc(-c2ccccc2)n1. The van der Waals surface area contributed by atoms with Crippen LogP contribution in [0.4, 0.5) is 4.79 Å². The zero-order valence-corrected chi connectivity index (χ0v) is 16.8. The Kier molecular flexibility index (Phi) is 6.35. The van der Waals surface area contributed by atoms with Crippen molar-refractivity contribution in [1.82, 2.24) is 14.6 Å². The molecule has 1 N–H and O–H groups in total. The molecule has 1 aliphatic rings. The maximum Gasteiger partial charge on any atom is 0.410 e. The molecule has 1 fully saturated rings. The van der Waals surface area contributed by atoms with Crippen molar-refractivity contribution in [2.45, 2.75) is 38.3 Å². The third-order valence-electron chi connectivity index (χ3n) is 4.64. The lowest BCUT2D eigenvalue weighted by Gasteiger charge is -2.40. The van der Waals surface area contributed by atoms with Crippen LogP contribution in [0.3, 0.4) is 0 Å². The zero-order valence-electron chi connectivity index (χ0n) is 16.0. The van der Waals surface area contributed by atoms with Crippen LogP contribution >= 0.6 is 0 Å². The molecule has 1 amide bonds. The minimum atomic E-state index is -3.42. The molecule has 2 atom stereocenters. The van der Waals surface area contributed by atoms with Crippen molar-refractivity contribution in [2.24, 2.45) is 0 Å². The predicted molar refractivity (Wildman–Crippen MR) is 104 cm³/mol. The van der Waals surface area contributed by atoms with E-state index in [0.29, 0.717) is 37.4 Å². The van der Waals surface area contributed by atoms with Gasteiger partial charge in [-0.3, -0.25) is 0 Å². The van der Waals surface area contributed by atoms with Gasteiger partial charge in [-0.05, 0) is 31.9 Å². The molecule has 1 aromatic carbocycles. The number of carbonyl (C=O) groups excluding carboxylic acids is 1. The average Bonchev–Trinajstić information content (AvgIpc) is 3.11. The van der Waals surface area contributed by atoms with Crippen molar-refractivity contribution < 1.29 is 22.4 Å². The van der Waals surface area contributed by atoms with Crippen LogP contribution < -0.4 is 4.72 Å². The summed E-state index contributed by atoms with van der Waals surface area (Å²) < 4.78 is 37.0. The maximum absolute atomic E-state index is 12.4. The fourth-order valence-electron chi connectivity index (χ4n) is 3.48. The van der Waals surface area contributed by atoms with E-state index in [4.69, 9.17) is 9.15 Å². The van der Waals surface area contributed by atoms with Crippen molar-refractivity contribution in [2.75, 3.05) is 19.4 Å². The van der Waals surface area contributed by atoms with Crippen LogP contribution in [0.1, 0.15) is 25.5 Å². The molecule has 28 heavy (non-hydrogen) atoms. The Hall–Kier alpha value is -2.39. The van der Waals surface area contributed by atoms with E-state index in [1.54, 1.807) is 18.1 Å². The molecule has 0 aliphatic carbocycles. The number of hydrogen-bond acceptors (Lipinski definition) is 6. The molecule has 8 nitrogen and oxygen atoms in total. The van der Waals surface area contributed by atoms with Gasteiger partial charge in [-0.25, -0.2) is 22.9 Å². The topological polar surface area (TPSA) is 102 Å². The molecule has 2 unspecified atom stereocenters. The van der Waals surface area contributed by atoms with Crippen LogP contribution in [0.15, 0.2) is 41.0 Å². The number of rotatable bonds is 6. The van der Waals surface area contributed by atoms with E-state index >= 15 is 0 Å². The summed E-state index contributed by atoms with van der Waals surface area (Å²) in [6.45, 7) is 2.51. The lowest BCUT2D eigenvalue weighted by atomic mass is 9.94. The Morgan fingerprint density at radius 3 is 2.79 bits per heavy atom. The summed E-state index contributed by atoms with van der Waals surface area (Å²) in [6.07, 6.45) is 3.92. The minimum absolute atomic E-state index is 0.258. The highest BCUT2D eigenvalue weighted by Gasteiger charge is 2.37. The molecule has 152 valence electrons. The van der Waals surface area contributed by atoms with Crippen molar-refractivity contribution in [1.29, 1.82) is 0 Å². The van der Waals surface area contributed by atoms with Gasteiger partial charge >= 0.3 is 6.09 Å². The normalized spacial score (nSPS) is 20.1. The van der Waals surface area contributed by atoms with Gasteiger partial charge in [0.2, 0.25) is 15.9 Å². The summed E-state index contributed by atoms with van der Waals surface area (Å²) in [7, 11) is -3.42. The fraction of sp³-hybridized carbons (Fsp3) is 0.474. The second kappa shape index (κ2) is 8.74. The van der Waals surface area contributed by atoms with Crippen LogP contribution in [0.25, 0.3) is 11.5 Å². The van der Waals surface area contributed by atoms with Gasteiger partial charge in [0.05, 0.1) is 24.6 Å². The van der Waals surface area contributed by atoms with Gasteiger partial charge in [-0.2, -0.15) is 0 Å². The molecule has 0 spiro atoms. The largest absolute Gasteiger partial charge is 0.450 e. The van der Waals surface area contributed by atoms with Gasteiger partial charge in [-0.15, -0.1) is 0 Å². The van der Waals surface area contributed by atoms with Gasteiger partial charge < -0.3 is 14.1 Å². The van der Waals surface area contributed by atoms with Gasteiger partial charge in [0.15, 0.2) is 0 Å². The number of nitrogens with one attached hydrogen (secondary N) is 1. The van der Waals surface area contributed by atoms with Crippen LogP contribution in [0.5, 0.6) is 0 Å². The number of ether oxygens (including phenoxy) is 1. The molecule has 0 saturated carbocycles. The number of nitrogens with zero attached hydrogens (tertiary/aromatic N) is 2. The summed E-state index contributed by atoms with van der Waals surface area (Å²) in [5.74, 6) is 0.488. The van der Waals surface area contributed by atoms with E-state index in [1.807, 2.05) is 30.3 Å². The Balaban J connectivity index is 1.84. The lowest BCUT2D eigenvalue weighted by molar-refractivity contribution is 0.0675. The molecule has 2 heterocycles. The maximum atomic E-state index is 12.4. The minimum Gasteiger partial charge on any atom is -0.450 e. The van der Waals surface area contributed by atoms with Gasteiger partial charge in [0.1, 0.15) is 6.26 Å². The first-order valence-electron chi connectivity index (χ1n) is 9.28. The Bertz CT molecular complexity index is 897. The molecule has 2 aromatic rings. The number of benzene rings is 1. The predicted octanol–water partition coefficient (Wildman–Crippen LogP) is 2.42. The molecule has 0 radical (unpaired) electrons. The number of hydrogen-bond donors (Lipinski definition) is 1. The van der Waals surface area contributed by atoms with Crippen molar-refractivity contribution in [3.8, 4) is 11.5 Å². The lowest BCUT2D eigenvalue weighted by Crippen LogP contribution is -2.57. The average molecular weight is 407 g/mol. The number of piperidine rings is 1. The molecular weight excluding hydrogens is 382 g/mol. The first-order valence-corrected chi connectivity index (χ1v) is 11.2. The van der Waals surface area contributed by atoms with Crippen molar-refractivity contribution in [3.05, 3.63) is 42.3 Å². The van der Waals surface area contributed by atoms with Crippen LogP contribution in [0, 0.1) is 0 Å². The number of aromatic nitrogens is 1. The van der Waals surface area contributed by atoms with Crippen molar-refractivity contribution in [3.63, 3.8) is 0 Å². The third-order valence-corrected chi connectivity index (χ3v) is 5.37. The number of likely N-dealkylation sites (tertiary alicyclic amines) is 1. The summed E-state index contributed by atoms with van der Waals surface area (Å²) in [4.78, 5) is 18.5. The summed E-state index contributed by atoms with van der Waals surface area (Å²) in [5.41, 5.74) is 1.51. The van der Waals surface area contributed by atoms with E-state index in [9.17, 15) is 13.2 Å². The van der Waals surface area contributed by atoms with Crippen LogP contribution in [-0.4, -0.2) is 55.9 Å². The number of oxazole rings is 1. The fourth-order valence-corrected chi connectivity index (χ4v) is 4.31. The molecular formula is C19H25N3O5S. The number of carbonyl (C=O) groups is 1. The summed E-state index contributed by atoms with van der Waals surface area (Å²) >= 11 is 0. The van der Waals surface area contributed by atoms with Gasteiger partial charge in [0, 0.05) is 24.6 Å². The first-order chi connectivity index (χ1) is 13.4. The van der Waals surface area contributed by atoms with E-state index in [-0.39, 0.29) is 6.61 Å². The quantitative estimate of drug-likeness (QED) is 0.789. The Morgan fingerprint density at radius 1 is 1.36 bits per heavy atom. The van der Waals surface area contributed by atoms with Crippen LogP contribution in [-0.2, 0) is 21.2 Å². The molecule has 0 bridgehead atoms. The standard InChI is InChI=1S/C19H25N3O5S/c1-3-26-19(23)22-11-7-10-16(21-28(2,24)25)17(22)12-15-13-27-18(20-15)14-8-5-4-6-9-14/h4-6,8-9,13,16-17,21H,3,7,10-12H2,1-2H3. The second-order valence-corrected chi connectivity index (χ2v) is 8.59. The molecule has 1 aliphatic heterocycles. The highest BCUT2D eigenvalue weighted by atomic mass is 32.2. The Labute approximate surface area is 164 Å². The molecule has 1 aromatic heterocycles. The monoisotopic (exact) mass is 407 g/mol. The number of amides is 1. The molecule has 3 rings (SSSR count). The summed E-state index contributed by atoms with van der Waals surface area (Å²) in [5, 5.41) is 0. The Morgan fingerprint density at radius 2 is 2.11 bits per heavy atom. The molecule has 1 saturated heterocycles. The smallest absolute Gasteiger partial charge is 0.410 e. The first kappa shape index (κ1) is 20.3. The highest BCUT2D eigenvalue weighted by molar-refractivity contribution is 7.88. The van der Waals surface area contributed by atoms with E-state index in [1.165, 1.54) is 0 Å². The van der Waals surface area contributed by atoms with Crippen LogP contribution in [0.2, 0.25) is 0 Å². The van der Waals surface area contributed by atoms with E-state index in [2.05, 4.69) is 9.71 Å². The molecule has 9 heteroatoms. The summed E-state index contributed by atoms with van der Waals surface area (Å²) in [6, 6.07) is 8.68. The van der Waals surface area contributed by atoms with Gasteiger partial charge in [0.25, 0.3) is 0 Å².